The van der Waals surface area contributed by atoms with Crippen molar-refractivity contribution in [1.29, 1.82) is 5.26 Å². The molecule has 0 bridgehead atoms. The van der Waals surface area contributed by atoms with E-state index in [0.29, 0.717) is 34.6 Å². The third kappa shape index (κ3) is 3.45. The number of fused-ring (bicyclic) bond motifs is 3. The van der Waals surface area contributed by atoms with Gasteiger partial charge in [0.15, 0.2) is 18.9 Å². The molecule has 0 unspecified atom stereocenters. The highest BCUT2D eigenvalue weighted by Crippen LogP contribution is 2.39. The average molecular weight is 370 g/mol. The van der Waals surface area contributed by atoms with E-state index < -0.39 is 0 Å². The molecule has 0 aliphatic carbocycles. The highest BCUT2D eigenvalue weighted by Gasteiger charge is 2.25. The van der Waals surface area contributed by atoms with E-state index in [1.807, 2.05) is 19.9 Å². The first-order chi connectivity index (χ1) is 11.7. The van der Waals surface area contributed by atoms with Crippen molar-refractivity contribution in [1.82, 2.24) is 9.29 Å². The Morgan fingerprint density at radius 2 is 2.25 bits per heavy atom. The van der Waals surface area contributed by atoms with Crippen LogP contribution in [0.1, 0.15) is 25.1 Å². The number of aromatic nitrogens is 1. The minimum absolute atomic E-state index is 0.0697. The normalized spacial score (nSPS) is 13.2. The zero-order valence-electron chi connectivity index (χ0n) is 13.4. The predicted molar refractivity (Wildman–Crippen MR) is 93.9 cm³/mol. The molecule has 1 aliphatic rings. The van der Waals surface area contributed by atoms with Gasteiger partial charge in [-0.2, -0.15) is 5.26 Å². The van der Waals surface area contributed by atoms with Crippen LogP contribution in [0.4, 0.5) is 3.89 Å². The number of rotatable bonds is 3. The number of carbonyl (C=O) groups is 1. The van der Waals surface area contributed by atoms with E-state index in [0.717, 1.165) is 11.3 Å². The van der Waals surface area contributed by atoms with Gasteiger partial charge in [0, 0.05) is 29.1 Å². The molecule has 0 spiro atoms. The molecule has 0 fully saturated rings. The van der Waals surface area contributed by atoms with E-state index in [1.165, 1.54) is 3.97 Å². The van der Waals surface area contributed by atoms with Crippen LogP contribution >= 0.6 is 23.9 Å². The highest BCUT2D eigenvalue weighted by molar-refractivity contribution is 7.93. The van der Waals surface area contributed by atoms with Crippen LogP contribution in [0.3, 0.4) is 0 Å². The molecule has 2 heterocycles. The summed E-state index contributed by atoms with van der Waals surface area (Å²) in [7, 11) is 0. The van der Waals surface area contributed by atoms with Crippen molar-refractivity contribution >= 4 is 40.7 Å². The van der Waals surface area contributed by atoms with Gasteiger partial charge in [-0.15, -0.1) is 3.89 Å². The van der Waals surface area contributed by atoms with Gasteiger partial charge in [-0.05, 0) is 17.7 Å². The number of carbonyl (C=O) groups excluding carboxylic acids is 1. The summed E-state index contributed by atoms with van der Waals surface area (Å²) in [6.45, 7) is 4.30. The monoisotopic (exact) mass is 369 g/mol. The molecule has 3 rings (SSSR count). The smallest absolute Gasteiger partial charge is 0.224 e. The summed E-state index contributed by atoms with van der Waals surface area (Å²) in [4.78, 5) is 11.8. The van der Waals surface area contributed by atoms with Gasteiger partial charge in [0.25, 0.3) is 0 Å². The third-order valence-corrected chi connectivity index (χ3v) is 4.32. The van der Waals surface area contributed by atoms with Gasteiger partial charge in [0.2, 0.25) is 5.91 Å². The SMILES string of the molecule is CC.N#CCOc1cc(Cl)cc2c1c1c(n2SF)CCNC(=O)C1. The number of benzene rings is 1. The minimum Gasteiger partial charge on any atom is -0.478 e. The fourth-order valence-electron chi connectivity index (χ4n) is 2.73. The Kier molecular flexibility index (Phi) is 6.35. The Morgan fingerprint density at radius 1 is 1.50 bits per heavy atom. The Morgan fingerprint density at radius 3 is 2.92 bits per heavy atom. The van der Waals surface area contributed by atoms with E-state index >= 15 is 0 Å². The van der Waals surface area contributed by atoms with Crippen LogP contribution in [0.2, 0.25) is 5.02 Å². The lowest BCUT2D eigenvalue weighted by molar-refractivity contribution is -0.120. The van der Waals surface area contributed by atoms with Crippen molar-refractivity contribution in [2.75, 3.05) is 13.2 Å². The number of nitriles is 1. The van der Waals surface area contributed by atoms with Gasteiger partial charge in [-0.3, -0.25) is 8.77 Å². The molecule has 1 N–H and O–H groups in total. The van der Waals surface area contributed by atoms with E-state index in [4.69, 9.17) is 21.6 Å². The molecule has 2 aromatic rings. The Balaban J connectivity index is 0.00000100. The second kappa shape index (κ2) is 8.27. The van der Waals surface area contributed by atoms with Crippen LogP contribution in [0.5, 0.6) is 5.75 Å². The Bertz CT molecular complexity index is 801. The van der Waals surface area contributed by atoms with Gasteiger partial charge in [-0.1, -0.05) is 25.4 Å². The first-order valence-corrected chi connectivity index (χ1v) is 8.62. The Labute approximate surface area is 149 Å². The second-order valence-corrected chi connectivity index (χ2v) is 5.75. The summed E-state index contributed by atoms with van der Waals surface area (Å²) in [5, 5.41) is 12.5. The number of nitrogens with zero attached hydrogens (tertiary/aromatic N) is 2. The summed E-state index contributed by atoms with van der Waals surface area (Å²) in [5.74, 6) is 0.269. The number of ether oxygens (including phenoxy) is 1. The lowest BCUT2D eigenvalue weighted by Crippen LogP contribution is -2.24. The van der Waals surface area contributed by atoms with E-state index in [2.05, 4.69) is 5.32 Å². The molecule has 1 aromatic carbocycles. The molecule has 8 heteroatoms. The van der Waals surface area contributed by atoms with Crippen LogP contribution in [0.15, 0.2) is 12.1 Å². The van der Waals surface area contributed by atoms with Crippen LogP contribution in [0.25, 0.3) is 10.9 Å². The van der Waals surface area contributed by atoms with Crippen LogP contribution in [-0.2, 0) is 17.6 Å². The topological polar surface area (TPSA) is 67.0 Å². The molecule has 0 atom stereocenters. The third-order valence-electron chi connectivity index (χ3n) is 3.54. The quantitative estimate of drug-likeness (QED) is 0.893. The lowest BCUT2D eigenvalue weighted by atomic mass is 10.1. The predicted octanol–water partition coefficient (Wildman–Crippen LogP) is 3.82. The van der Waals surface area contributed by atoms with Crippen molar-refractivity contribution in [3.63, 3.8) is 0 Å². The molecular weight excluding hydrogens is 353 g/mol. The lowest BCUT2D eigenvalue weighted by Gasteiger charge is -2.07. The van der Waals surface area contributed by atoms with Crippen LogP contribution < -0.4 is 10.1 Å². The van der Waals surface area contributed by atoms with Crippen molar-refractivity contribution in [3.8, 4) is 11.8 Å². The maximum absolute atomic E-state index is 13.5. The number of hydrogen-bond acceptors (Lipinski definition) is 4. The first kappa shape index (κ1) is 18.4. The number of nitrogens with one attached hydrogen (secondary N) is 1. The minimum atomic E-state index is -0.148. The fourth-order valence-corrected chi connectivity index (χ4v) is 3.44. The fraction of sp³-hybridized carbons (Fsp3) is 0.375. The van der Waals surface area contributed by atoms with Crippen molar-refractivity contribution < 1.29 is 13.4 Å². The summed E-state index contributed by atoms with van der Waals surface area (Å²) in [6, 6.07) is 5.11. The average Bonchev–Trinajstić information content (AvgIpc) is 2.73. The molecule has 0 radical (unpaired) electrons. The van der Waals surface area contributed by atoms with Gasteiger partial charge in [0.05, 0.1) is 11.9 Å². The maximum atomic E-state index is 13.5. The van der Waals surface area contributed by atoms with Crippen molar-refractivity contribution in [2.24, 2.45) is 0 Å². The van der Waals surface area contributed by atoms with Crippen molar-refractivity contribution in [2.45, 2.75) is 26.7 Å². The number of amides is 1. The van der Waals surface area contributed by atoms with E-state index in [-0.39, 0.29) is 31.3 Å². The standard InChI is InChI=1S/C14H11ClFN3O2S.C2H6/c15-8-5-11-14(12(6-8)21-4-2-17)9-7-13(20)18-3-1-10(9)19(11)22-16;1-2/h5-6H,1,3-4,7H2,(H,18,20);1-2H3. The first-order valence-electron chi connectivity index (χ1n) is 7.57. The highest BCUT2D eigenvalue weighted by atomic mass is 35.5. The summed E-state index contributed by atoms with van der Waals surface area (Å²) < 4.78 is 20.3. The van der Waals surface area contributed by atoms with Crippen LogP contribution in [-0.4, -0.2) is 23.0 Å². The number of hydrogen-bond donors (Lipinski definition) is 1. The zero-order valence-corrected chi connectivity index (χ0v) is 14.9. The molecule has 1 aliphatic heterocycles. The summed E-state index contributed by atoms with van der Waals surface area (Å²) in [5.41, 5.74) is 2.00. The maximum Gasteiger partial charge on any atom is 0.224 e. The van der Waals surface area contributed by atoms with Gasteiger partial charge < -0.3 is 10.1 Å². The summed E-state index contributed by atoms with van der Waals surface area (Å²) in [6.07, 6.45) is 0.659. The molecule has 24 heavy (non-hydrogen) atoms. The van der Waals surface area contributed by atoms with E-state index in [9.17, 15) is 8.68 Å². The molecule has 5 nitrogen and oxygen atoms in total. The molecule has 0 saturated heterocycles. The molecule has 1 amide bonds. The van der Waals surface area contributed by atoms with Gasteiger partial charge in [-0.25, -0.2) is 0 Å². The Hall–Kier alpha value is -1.91. The molecule has 128 valence electrons. The summed E-state index contributed by atoms with van der Waals surface area (Å²) >= 11 is 6.14. The molecule has 0 saturated carbocycles. The van der Waals surface area contributed by atoms with Crippen LogP contribution in [0, 0.1) is 11.3 Å². The second-order valence-electron chi connectivity index (χ2n) is 4.81. The van der Waals surface area contributed by atoms with Gasteiger partial charge >= 0.3 is 0 Å². The molecule has 1 aromatic heterocycles. The number of halogens is 2. The largest absolute Gasteiger partial charge is 0.478 e. The zero-order chi connectivity index (χ0) is 17.7. The van der Waals surface area contributed by atoms with E-state index in [1.54, 1.807) is 12.1 Å². The molecular formula is C16H17ClFN3O2S. The van der Waals surface area contributed by atoms with Crippen molar-refractivity contribution in [3.05, 3.63) is 28.4 Å². The van der Waals surface area contributed by atoms with Gasteiger partial charge in [0.1, 0.15) is 11.8 Å².